The molecule has 1 heterocycles. The third-order valence-corrected chi connectivity index (χ3v) is 3.74. The molecule has 0 radical (unpaired) electrons. The van der Waals surface area contributed by atoms with E-state index in [1.54, 1.807) is 11.8 Å². The average Bonchev–Trinajstić information content (AvgIpc) is 3.00. The topological polar surface area (TPSA) is 96.5 Å². The number of aromatic nitrogens is 2. The Bertz CT molecular complexity index is 685. The minimum Gasteiger partial charge on any atom is -0.481 e. The van der Waals surface area contributed by atoms with Crippen molar-refractivity contribution >= 4 is 11.9 Å². The molecule has 0 unspecified atom stereocenters. The summed E-state index contributed by atoms with van der Waals surface area (Å²) in [5.74, 6) is 0.274. The van der Waals surface area contributed by atoms with Gasteiger partial charge in [0.25, 0.3) is 0 Å². The second-order valence-corrected chi connectivity index (χ2v) is 5.89. The Balaban J connectivity index is 1.87. The minimum atomic E-state index is -0.848. The van der Waals surface area contributed by atoms with Crippen LogP contribution in [0, 0.1) is 6.92 Å². The monoisotopic (exact) mass is 345 g/mol. The van der Waals surface area contributed by atoms with E-state index in [-0.39, 0.29) is 12.3 Å². The van der Waals surface area contributed by atoms with Gasteiger partial charge in [-0.3, -0.25) is 9.59 Å². The molecule has 25 heavy (non-hydrogen) atoms. The molecule has 1 aromatic heterocycles. The predicted molar refractivity (Wildman–Crippen MR) is 90.7 cm³/mol. The number of aryl methyl sites for hydroxylation is 2. The van der Waals surface area contributed by atoms with Crippen LogP contribution in [0.1, 0.15) is 43.0 Å². The number of carboxylic acid groups (broad SMARTS) is 1. The smallest absolute Gasteiger partial charge is 0.303 e. The first-order chi connectivity index (χ1) is 12.0. The summed E-state index contributed by atoms with van der Waals surface area (Å²) >= 11 is 0. The zero-order chi connectivity index (χ0) is 18.1. The Hall–Kier alpha value is -2.70. The summed E-state index contributed by atoms with van der Waals surface area (Å²) in [6.45, 7) is 2.67. The van der Waals surface area contributed by atoms with Crippen molar-refractivity contribution in [2.24, 2.45) is 0 Å². The maximum absolute atomic E-state index is 12.5. The van der Waals surface area contributed by atoms with Crippen LogP contribution in [0.4, 0.5) is 0 Å². The number of amides is 1. The fourth-order valence-electron chi connectivity index (χ4n) is 2.51. The predicted octanol–water partition coefficient (Wildman–Crippen LogP) is 2.59. The summed E-state index contributed by atoms with van der Waals surface area (Å²) in [7, 11) is 0. The second-order valence-electron chi connectivity index (χ2n) is 5.89. The number of carbonyl (C=O) groups is 2. The molecule has 7 nitrogen and oxygen atoms in total. The highest BCUT2D eigenvalue weighted by atomic mass is 16.5. The molecule has 1 N–H and O–H groups in total. The summed E-state index contributed by atoms with van der Waals surface area (Å²) in [5.41, 5.74) is 1.03. The molecule has 0 aliphatic heterocycles. The van der Waals surface area contributed by atoms with Gasteiger partial charge < -0.3 is 14.5 Å². The molecule has 0 aliphatic rings. The number of benzene rings is 1. The molecule has 0 fully saturated rings. The van der Waals surface area contributed by atoms with Gasteiger partial charge >= 0.3 is 5.97 Å². The number of hydrogen-bond donors (Lipinski definition) is 1. The fourth-order valence-corrected chi connectivity index (χ4v) is 2.51. The molecule has 0 bridgehead atoms. The van der Waals surface area contributed by atoms with Gasteiger partial charge in [-0.25, -0.2) is 0 Å². The fraction of sp³-hybridized carbons (Fsp3) is 0.444. The molecule has 134 valence electrons. The Morgan fingerprint density at radius 3 is 2.56 bits per heavy atom. The third-order valence-electron chi connectivity index (χ3n) is 3.74. The number of aliphatic carboxylic acids is 1. The van der Waals surface area contributed by atoms with Crippen molar-refractivity contribution in [3.05, 3.63) is 47.6 Å². The van der Waals surface area contributed by atoms with Gasteiger partial charge in [0.05, 0.1) is 0 Å². The van der Waals surface area contributed by atoms with E-state index in [0.717, 1.165) is 5.56 Å². The molecular weight excluding hydrogens is 322 g/mol. The van der Waals surface area contributed by atoms with Crippen LogP contribution in [0.5, 0.6) is 0 Å². The van der Waals surface area contributed by atoms with Crippen molar-refractivity contribution in [1.82, 2.24) is 15.0 Å². The van der Waals surface area contributed by atoms with E-state index in [2.05, 4.69) is 10.1 Å². The highest BCUT2D eigenvalue weighted by molar-refractivity contribution is 5.76. The molecule has 7 heteroatoms. The van der Waals surface area contributed by atoms with Crippen molar-refractivity contribution in [3.63, 3.8) is 0 Å². The summed E-state index contributed by atoms with van der Waals surface area (Å²) in [6.07, 6.45) is 2.03. The van der Waals surface area contributed by atoms with E-state index in [4.69, 9.17) is 9.63 Å². The lowest BCUT2D eigenvalue weighted by molar-refractivity contribution is -0.138. The van der Waals surface area contributed by atoms with Crippen LogP contribution in [0.3, 0.4) is 0 Å². The zero-order valence-corrected chi connectivity index (χ0v) is 14.4. The molecular formula is C18H23N3O4. The van der Waals surface area contributed by atoms with Crippen LogP contribution in [0.2, 0.25) is 0 Å². The standard InChI is InChI=1S/C18H23N3O4/c1-14-19-16(25-20-14)9-5-10-17(22)21(12-6-11-18(23)24)13-15-7-3-2-4-8-15/h2-4,7-8H,5-6,9-13H2,1H3,(H,23,24). The van der Waals surface area contributed by atoms with Gasteiger partial charge in [-0.05, 0) is 25.3 Å². The number of hydrogen-bond acceptors (Lipinski definition) is 5. The highest BCUT2D eigenvalue weighted by Gasteiger charge is 2.15. The molecule has 2 rings (SSSR count). The van der Waals surface area contributed by atoms with Crippen molar-refractivity contribution in [2.75, 3.05) is 6.54 Å². The highest BCUT2D eigenvalue weighted by Crippen LogP contribution is 2.10. The SMILES string of the molecule is Cc1noc(CCCC(=O)N(CCCC(=O)O)Cc2ccccc2)n1. The van der Waals surface area contributed by atoms with Crippen molar-refractivity contribution in [3.8, 4) is 0 Å². The minimum absolute atomic E-state index is 0.00507. The van der Waals surface area contributed by atoms with Crippen LogP contribution >= 0.6 is 0 Å². The van der Waals surface area contributed by atoms with E-state index < -0.39 is 5.97 Å². The lowest BCUT2D eigenvalue weighted by Crippen LogP contribution is -2.31. The van der Waals surface area contributed by atoms with E-state index in [1.165, 1.54) is 0 Å². The van der Waals surface area contributed by atoms with E-state index in [1.807, 2.05) is 30.3 Å². The quantitative estimate of drug-likeness (QED) is 0.711. The Labute approximate surface area is 146 Å². The Morgan fingerprint density at radius 1 is 1.16 bits per heavy atom. The maximum Gasteiger partial charge on any atom is 0.303 e. The van der Waals surface area contributed by atoms with Gasteiger partial charge in [-0.15, -0.1) is 0 Å². The van der Waals surface area contributed by atoms with Crippen molar-refractivity contribution in [1.29, 1.82) is 0 Å². The van der Waals surface area contributed by atoms with Crippen LogP contribution in [-0.4, -0.2) is 38.6 Å². The molecule has 0 aliphatic carbocycles. The largest absolute Gasteiger partial charge is 0.481 e. The Morgan fingerprint density at radius 2 is 1.92 bits per heavy atom. The summed E-state index contributed by atoms with van der Waals surface area (Å²) in [5, 5.41) is 12.5. The van der Waals surface area contributed by atoms with Crippen LogP contribution in [-0.2, 0) is 22.6 Å². The lowest BCUT2D eigenvalue weighted by Gasteiger charge is -2.22. The van der Waals surface area contributed by atoms with E-state index in [9.17, 15) is 9.59 Å². The van der Waals surface area contributed by atoms with Crippen LogP contribution in [0.25, 0.3) is 0 Å². The van der Waals surface area contributed by atoms with Gasteiger partial charge in [0.2, 0.25) is 11.8 Å². The summed E-state index contributed by atoms with van der Waals surface area (Å²) in [4.78, 5) is 29.1. The molecule has 1 aromatic carbocycles. The van der Waals surface area contributed by atoms with Crippen LogP contribution < -0.4 is 0 Å². The van der Waals surface area contributed by atoms with E-state index >= 15 is 0 Å². The normalized spacial score (nSPS) is 10.6. The molecule has 2 aromatic rings. The molecule has 0 spiro atoms. The van der Waals surface area contributed by atoms with Crippen LogP contribution in [0.15, 0.2) is 34.9 Å². The lowest BCUT2D eigenvalue weighted by atomic mass is 10.1. The van der Waals surface area contributed by atoms with Gasteiger partial charge in [-0.1, -0.05) is 35.5 Å². The first-order valence-corrected chi connectivity index (χ1v) is 8.37. The molecule has 1 amide bonds. The first-order valence-electron chi connectivity index (χ1n) is 8.37. The third kappa shape index (κ3) is 6.74. The van der Waals surface area contributed by atoms with Gasteiger partial charge in [0.1, 0.15) is 0 Å². The van der Waals surface area contributed by atoms with E-state index in [0.29, 0.717) is 50.5 Å². The molecule has 0 saturated carbocycles. The molecule has 0 atom stereocenters. The van der Waals surface area contributed by atoms with Gasteiger partial charge in [-0.2, -0.15) is 4.98 Å². The first kappa shape index (κ1) is 18.6. The van der Waals surface area contributed by atoms with Gasteiger partial charge in [0, 0.05) is 32.4 Å². The maximum atomic E-state index is 12.5. The number of carbonyl (C=O) groups excluding carboxylic acids is 1. The summed E-state index contributed by atoms with van der Waals surface area (Å²) in [6, 6.07) is 9.68. The van der Waals surface area contributed by atoms with Crippen molar-refractivity contribution < 1.29 is 19.2 Å². The average molecular weight is 345 g/mol. The number of carboxylic acids is 1. The molecule has 0 saturated heterocycles. The summed E-state index contributed by atoms with van der Waals surface area (Å²) < 4.78 is 5.04. The Kier molecular flexibility index (Phi) is 7.13. The second kappa shape index (κ2) is 9.56. The zero-order valence-electron chi connectivity index (χ0n) is 14.4. The number of rotatable bonds is 10. The van der Waals surface area contributed by atoms with Gasteiger partial charge in [0.15, 0.2) is 5.82 Å². The number of nitrogens with zero attached hydrogens (tertiary/aromatic N) is 3. The van der Waals surface area contributed by atoms with Crippen molar-refractivity contribution in [2.45, 2.75) is 45.6 Å².